The molecule has 2 bridgehead atoms. The van der Waals surface area contributed by atoms with Crippen LogP contribution in [0.5, 0.6) is 0 Å². The predicted molar refractivity (Wildman–Crippen MR) is 180 cm³/mol. The summed E-state index contributed by atoms with van der Waals surface area (Å²) in [4.78, 5) is 59.3. The number of fused-ring (bicyclic) bond motifs is 1. The van der Waals surface area contributed by atoms with Gasteiger partial charge in [-0.05, 0) is 50.5 Å². The van der Waals surface area contributed by atoms with E-state index in [0.717, 1.165) is 12.8 Å². The summed E-state index contributed by atoms with van der Waals surface area (Å²) in [6.07, 6.45) is 7.17. The van der Waals surface area contributed by atoms with Crippen molar-refractivity contribution in [2.45, 2.75) is 94.6 Å². The van der Waals surface area contributed by atoms with Gasteiger partial charge in [-0.25, -0.2) is 0 Å². The van der Waals surface area contributed by atoms with Crippen LogP contribution < -0.4 is 5.32 Å². The van der Waals surface area contributed by atoms with Crippen LogP contribution >= 0.6 is 0 Å². The highest BCUT2D eigenvalue weighted by Gasteiger charge is 2.75. The number of allylic oxidation sites excluding steroid dienone is 1. The molecule has 1 aromatic rings. The van der Waals surface area contributed by atoms with Gasteiger partial charge >= 0.3 is 5.97 Å². The molecule has 264 valence electrons. The second kappa shape index (κ2) is 17.7. The summed E-state index contributed by atoms with van der Waals surface area (Å²) in [5.74, 6) is -3.10. The minimum Gasteiger partial charge on any atom is -0.455 e. The second-order valence-electron chi connectivity index (χ2n) is 13.0. The number of methoxy groups -OCH3 is 1. The molecular weight excluding hydrogens is 614 g/mol. The molecule has 4 rings (SSSR count). The van der Waals surface area contributed by atoms with Crippen molar-refractivity contribution in [3.63, 3.8) is 0 Å². The molecule has 0 saturated carbocycles. The number of nitrogens with one attached hydrogen (secondary N) is 1. The number of likely N-dealkylation sites (tertiary alicyclic amines) is 1. The zero-order valence-corrected chi connectivity index (χ0v) is 28.5. The van der Waals surface area contributed by atoms with E-state index in [1.54, 1.807) is 22.0 Å². The standard InChI is InChI=1S/C37H53N3O8/c1-5-8-18-29(42)38-27(25-46-4)32(26-16-12-10-13-17-26)47-36(45)30-28-19-20-37(48-28)31(30)34(43)40(23-14-11-15-24-41)33(37)35(44)39(21-7-3)22-9-6-2/h5,7,10,12-13,16-17,27-28,30-33,41H,1,3,6,8-9,11,14-15,18-25H2,2,4H3,(H,38,42)/t27-,28-,30+,31+,32-,33-,37+/m1/s1. The van der Waals surface area contributed by atoms with Crippen LogP contribution in [0.3, 0.4) is 0 Å². The van der Waals surface area contributed by atoms with Gasteiger partial charge in [-0.15, -0.1) is 13.2 Å². The number of carbonyl (C=O) groups is 4. The minimum atomic E-state index is -1.15. The van der Waals surface area contributed by atoms with Crippen LogP contribution in [0.4, 0.5) is 0 Å². The van der Waals surface area contributed by atoms with Gasteiger partial charge in [0.1, 0.15) is 17.7 Å². The van der Waals surface area contributed by atoms with Gasteiger partial charge in [-0.2, -0.15) is 0 Å². The third-order valence-electron chi connectivity index (χ3n) is 9.81. The van der Waals surface area contributed by atoms with Gasteiger partial charge in [0.25, 0.3) is 0 Å². The normalized spacial score (nSPS) is 25.3. The zero-order chi connectivity index (χ0) is 34.7. The van der Waals surface area contributed by atoms with E-state index in [9.17, 15) is 24.3 Å². The van der Waals surface area contributed by atoms with Crippen LogP contribution in [-0.4, -0.2) is 102 Å². The quantitative estimate of drug-likeness (QED) is 0.115. The van der Waals surface area contributed by atoms with E-state index in [1.807, 2.05) is 30.3 Å². The van der Waals surface area contributed by atoms with Crippen LogP contribution in [0.1, 0.15) is 76.4 Å². The number of ether oxygens (including phenoxy) is 3. The Morgan fingerprint density at radius 3 is 2.60 bits per heavy atom. The van der Waals surface area contributed by atoms with Crippen LogP contribution in [0, 0.1) is 11.8 Å². The summed E-state index contributed by atoms with van der Waals surface area (Å²) in [6, 6.07) is 7.58. The van der Waals surface area contributed by atoms with E-state index in [0.29, 0.717) is 63.7 Å². The molecule has 3 saturated heterocycles. The number of hydrogen-bond donors (Lipinski definition) is 2. The SMILES string of the molecule is C=CCCC(=O)N[C@H](COC)[C@H](OC(=O)[C@@H]1[C@H]2C(=O)N(CCCCCO)[C@H](C(=O)N(CC=C)CCCC)[C@]23CC[C@H]1O3)c1ccccc1. The van der Waals surface area contributed by atoms with Gasteiger partial charge < -0.3 is 34.4 Å². The van der Waals surface area contributed by atoms with Gasteiger partial charge in [0.05, 0.1) is 30.6 Å². The van der Waals surface area contributed by atoms with Crippen molar-refractivity contribution >= 4 is 23.7 Å². The summed E-state index contributed by atoms with van der Waals surface area (Å²) >= 11 is 0. The Morgan fingerprint density at radius 2 is 1.94 bits per heavy atom. The number of benzene rings is 1. The number of nitrogens with zero attached hydrogens (tertiary/aromatic N) is 2. The van der Waals surface area contributed by atoms with E-state index >= 15 is 0 Å². The Bertz CT molecular complexity index is 1270. The van der Waals surface area contributed by atoms with E-state index in [1.165, 1.54) is 7.11 Å². The molecule has 0 radical (unpaired) electrons. The molecule has 3 aliphatic rings. The Morgan fingerprint density at radius 1 is 1.17 bits per heavy atom. The van der Waals surface area contributed by atoms with Crippen molar-refractivity contribution in [1.29, 1.82) is 0 Å². The van der Waals surface area contributed by atoms with Gasteiger partial charge in [-0.1, -0.05) is 55.8 Å². The summed E-state index contributed by atoms with van der Waals surface area (Å²) < 4.78 is 18.4. The van der Waals surface area contributed by atoms with Crippen LogP contribution in [0.25, 0.3) is 0 Å². The monoisotopic (exact) mass is 667 g/mol. The average molecular weight is 668 g/mol. The van der Waals surface area contributed by atoms with Crippen molar-refractivity contribution in [1.82, 2.24) is 15.1 Å². The molecule has 1 spiro atoms. The highest BCUT2D eigenvalue weighted by Crippen LogP contribution is 2.59. The topological polar surface area (TPSA) is 135 Å². The molecule has 3 aliphatic heterocycles. The predicted octanol–water partition coefficient (Wildman–Crippen LogP) is 3.72. The summed E-state index contributed by atoms with van der Waals surface area (Å²) in [5, 5.41) is 12.3. The third-order valence-corrected chi connectivity index (χ3v) is 9.81. The Kier molecular flexibility index (Phi) is 13.8. The fourth-order valence-electron chi connectivity index (χ4n) is 7.61. The summed E-state index contributed by atoms with van der Waals surface area (Å²) in [7, 11) is 1.51. The van der Waals surface area contributed by atoms with Crippen molar-refractivity contribution in [2.75, 3.05) is 40.0 Å². The number of carbonyl (C=O) groups excluding carboxylic acids is 4. The van der Waals surface area contributed by atoms with E-state index in [-0.39, 0.29) is 37.4 Å². The fraction of sp³-hybridized carbons (Fsp3) is 0.622. The third kappa shape index (κ3) is 8.01. The first kappa shape index (κ1) is 37.3. The summed E-state index contributed by atoms with van der Waals surface area (Å²) in [5.41, 5.74) is -0.485. The van der Waals surface area contributed by atoms with Gasteiger partial charge in [0, 0.05) is 39.8 Å². The van der Waals surface area contributed by atoms with Gasteiger partial charge in [0.2, 0.25) is 17.7 Å². The van der Waals surface area contributed by atoms with Crippen molar-refractivity contribution in [3.05, 3.63) is 61.2 Å². The number of aliphatic hydroxyl groups excluding tert-OH is 1. The van der Waals surface area contributed by atoms with Gasteiger partial charge in [-0.3, -0.25) is 19.2 Å². The van der Waals surface area contributed by atoms with Crippen LogP contribution in [-0.2, 0) is 33.4 Å². The molecular formula is C37H53N3O8. The Balaban J connectivity index is 1.66. The second-order valence-corrected chi connectivity index (χ2v) is 13.0. The largest absolute Gasteiger partial charge is 0.455 e. The zero-order valence-electron chi connectivity index (χ0n) is 28.5. The van der Waals surface area contributed by atoms with E-state index < -0.39 is 47.7 Å². The number of esters is 1. The summed E-state index contributed by atoms with van der Waals surface area (Å²) in [6.45, 7) is 10.9. The van der Waals surface area contributed by atoms with Gasteiger partial charge in [0.15, 0.2) is 0 Å². The van der Waals surface area contributed by atoms with Crippen molar-refractivity contribution in [2.24, 2.45) is 11.8 Å². The lowest BCUT2D eigenvalue weighted by Crippen LogP contribution is -2.56. The number of unbranched alkanes of at least 4 members (excludes halogenated alkanes) is 3. The maximum Gasteiger partial charge on any atom is 0.313 e. The number of rotatable bonds is 21. The lowest BCUT2D eigenvalue weighted by molar-refractivity contribution is -0.163. The molecule has 3 heterocycles. The fourth-order valence-corrected chi connectivity index (χ4v) is 7.61. The first-order chi connectivity index (χ1) is 23.3. The van der Waals surface area contributed by atoms with E-state index in [4.69, 9.17) is 14.2 Å². The van der Waals surface area contributed by atoms with Crippen LogP contribution in [0.15, 0.2) is 55.6 Å². The smallest absolute Gasteiger partial charge is 0.313 e. The first-order valence-electron chi connectivity index (χ1n) is 17.4. The first-order valence-corrected chi connectivity index (χ1v) is 17.4. The molecule has 11 nitrogen and oxygen atoms in total. The highest BCUT2D eigenvalue weighted by molar-refractivity contribution is 5.98. The molecule has 3 amide bonds. The molecule has 11 heteroatoms. The molecule has 3 fully saturated rings. The highest BCUT2D eigenvalue weighted by atomic mass is 16.6. The Hall–Kier alpha value is -3.54. The average Bonchev–Trinajstić information content (AvgIpc) is 3.73. The van der Waals surface area contributed by atoms with Crippen molar-refractivity contribution in [3.8, 4) is 0 Å². The molecule has 7 atom stereocenters. The molecule has 0 unspecified atom stereocenters. The molecule has 2 N–H and O–H groups in total. The number of amides is 3. The molecule has 0 aliphatic carbocycles. The minimum absolute atomic E-state index is 0.0487. The number of aliphatic hydroxyl groups is 1. The lowest BCUT2D eigenvalue weighted by Gasteiger charge is -2.37. The maximum atomic E-state index is 14.4. The molecule has 0 aromatic heterocycles. The van der Waals surface area contributed by atoms with E-state index in [2.05, 4.69) is 25.4 Å². The number of hydrogen-bond acceptors (Lipinski definition) is 8. The Labute approximate surface area is 284 Å². The maximum absolute atomic E-state index is 14.4. The van der Waals surface area contributed by atoms with Crippen molar-refractivity contribution < 1.29 is 38.5 Å². The van der Waals surface area contributed by atoms with Crippen LogP contribution in [0.2, 0.25) is 0 Å². The molecule has 1 aromatic carbocycles. The lowest BCUT2D eigenvalue weighted by atomic mass is 9.70. The molecule has 48 heavy (non-hydrogen) atoms.